The highest BCUT2D eigenvalue weighted by atomic mass is 16.7. The summed E-state index contributed by atoms with van der Waals surface area (Å²) in [4.78, 5) is 56.5. The Hall–Kier alpha value is -2.73. The van der Waals surface area contributed by atoms with Crippen molar-refractivity contribution in [3.05, 3.63) is 0 Å². The number of carbonyl (C=O) groups excluding carboxylic acids is 4. The van der Waals surface area contributed by atoms with Gasteiger partial charge in [-0.1, -0.05) is 0 Å². The number of aliphatic carboxylic acids is 1. The summed E-state index contributed by atoms with van der Waals surface area (Å²) in [6.07, 6.45) is -6.87. The second-order valence-electron chi connectivity index (χ2n) is 5.77. The van der Waals surface area contributed by atoms with Crippen LogP contribution in [-0.2, 0) is 52.4 Å². The average Bonchev–Trinajstić information content (AvgIpc) is 2.54. The Labute approximate surface area is 159 Å². The van der Waals surface area contributed by atoms with Gasteiger partial charge in [0.05, 0.1) is 0 Å². The van der Waals surface area contributed by atoms with Crippen LogP contribution in [0.1, 0.15) is 27.7 Å². The summed E-state index contributed by atoms with van der Waals surface area (Å²) in [7, 11) is 0. The summed E-state index contributed by atoms with van der Waals surface area (Å²) in [6.45, 7) is 3.09. The molecular weight excluding hydrogens is 384 g/mol. The number of esters is 4. The normalized spacial score (nSPS) is 26.6. The molecule has 12 nitrogen and oxygen atoms in total. The van der Waals surface area contributed by atoms with Crippen LogP contribution in [0, 0.1) is 0 Å². The van der Waals surface area contributed by atoms with Gasteiger partial charge in [-0.25, -0.2) is 4.79 Å². The Kier molecular flexibility index (Phi) is 8.79. The van der Waals surface area contributed by atoms with E-state index in [1.54, 1.807) is 0 Å². The van der Waals surface area contributed by atoms with E-state index in [9.17, 15) is 24.0 Å². The SMILES string of the molecule is CC(=O)OCC1OC(OCC(=O)O)C(OC(C)=O)C(OC(C)=O)C1OC(C)=O. The van der Waals surface area contributed by atoms with Crippen LogP contribution in [0.15, 0.2) is 0 Å². The molecule has 0 amide bonds. The molecule has 0 saturated carbocycles. The predicted octanol–water partition coefficient (Wildman–Crippen LogP) is -0.829. The van der Waals surface area contributed by atoms with E-state index in [0.717, 1.165) is 27.7 Å². The molecule has 1 saturated heterocycles. The molecule has 1 aliphatic heterocycles. The van der Waals surface area contributed by atoms with Crippen molar-refractivity contribution >= 4 is 29.8 Å². The van der Waals surface area contributed by atoms with E-state index in [1.165, 1.54) is 0 Å². The molecule has 1 heterocycles. The first-order valence-corrected chi connectivity index (χ1v) is 8.15. The third-order valence-electron chi connectivity index (χ3n) is 3.32. The van der Waals surface area contributed by atoms with Crippen LogP contribution >= 0.6 is 0 Å². The van der Waals surface area contributed by atoms with E-state index < -0.39 is 73.8 Å². The first-order valence-electron chi connectivity index (χ1n) is 8.15. The van der Waals surface area contributed by atoms with E-state index >= 15 is 0 Å². The van der Waals surface area contributed by atoms with Crippen molar-refractivity contribution in [2.45, 2.75) is 58.4 Å². The lowest BCUT2D eigenvalue weighted by molar-refractivity contribution is -0.307. The van der Waals surface area contributed by atoms with Gasteiger partial charge in [-0.3, -0.25) is 19.2 Å². The Morgan fingerprint density at radius 3 is 1.75 bits per heavy atom. The molecule has 0 radical (unpaired) electrons. The summed E-state index contributed by atoms with van der Waals surface area (Å²) >= 11 is 0. The molecule has 1 aliphatic rings. The van der Waals surface area contributed by atoms with Crippen LogP contribution in [-0.4, -0.2) is 78.9 Å². The molecule has 5 atom stereocenters. The molecule has 1 fully saturated rings. The van der Waals surface area contributed by atoms with Gasteiger partial charge in [0.1, 0.15) is 19.3 Å². The van der Waals surface area contributed by atoms with Gasteiger partial charge < -0.3 is 33.5 Å². The first kappa shape index (κ1) is 23.3. The minimum absolute atomic E-state index is 0.426. The lowest BCUT2D eigenvalue weighted by Crippen LogP contribution is -2.63. The molecular formula is C16H22O12. The van der Waals surface area contributed by atoms with E-state index in [1.807, 2.05) is 0 Å². The molecule has 5 unspecified atom stereocenters. The smallest absolute Gasteiger partial charge is 0.329 e. The Balaban J connectivity index is 3.26. The molecule has 0 aliphatic carbocycles. The van der Waals surface area contributed by atoms with E-state index in [0.29, 0.717) is 0 Å². The fourth-order valence-corrected chi connectivity index (χ4v) is 2.48. The summed E-state index contributed by atoms with van der Waals surface area (Å²) in [5, 5.41) is 8.82. The number of carbonyl (C=O) groups is 5. The second kappa shape index (κ2) is 10.6. The zero-order valence-electron chi connectivity index (χ0n) is 15.7. The van der Waals surface area contributed by atoms with Gasteiger partial charge in [0.15, 0.2) is 24.6 Å². The van der Waals surface area contributed by atoms with Crippen molar-refractivity contribution < 1.29 is 57.5 Å². The van der Waals surface area contributed by atoms with Gasteiger partial charge >= 0.3 is 29.8 Å². The van der Waals surface area contributed by atoms with Crippen molar-refractivity contribution in [2.75, 3.05) is 13.2 Å². The van der Waals surface area contributed by atoms with Gasteiger partial charge in [-0.15, -0.1) is 0 Å². The Morgan fingerprint density at radius 1 is 0.786 bits per heavy atom. The topological polar surface area (TPSA) is 161 Å². The molecule has 0 aromatic heterocycles. The van der Waals surface area contributed by atoms with Crippen molar-refractivity contribution in [1.82, 2.24) is 0 Å². The minimum atomic E-state index is -1.50. The molecule has 0 aromatic carbocycles. The number of carboxylic acids is 1. The lowest BCUT2D eigenvalue weighted by atomic mass is 9.98. The maximum atomic E-state index is 11.6. The fourth-order valence-electron chi connectivity index (χ4n) is 2.48. The molecule has 158 valence electrons. The Morgan fingerprint density at radius 2 is 1.29 bits per heavy atom. The van der Waals surface area contributed by atoms with Crippen LogP contribution in [0.2, 0.25) is 0 Å². The predicted molar refractivity (Wildman–Crippen MR) is 85.5 cm³/mol. The fraction of sp³-hybridized carbons (Fsp3) is 0.688. The summed E-state index contributed by atoms with van der Waals surface area (Å²) < 4.78 is 30.8. The number of hydrogen-bond acceptors (Lipinski definition) is 11. The molecule has 0 aromatic rings. The van der Waals surface area contributed by atoms with Crippen LogP contribution < -0.4 is 0 Å². The standard InChI is InChI=1S/C16H22O12/c1-7(17)23-5-11-13(25-8(2)18)14(26-9(3)19)15(27-10(4)20)16(28-11)24-6-12(21)22/h11,13-16H,5-6H2,1-4H3,(H,21,22). The van der Waals surface area contributed by atoms with Gasteiger partial charge in [0.2, 0.25) is 0 Å². The maximum Gasteiger partial charge on any atom is 0.329 e. The molecule has 1 rings (SSSR count). The highest BCUT2D eigenvalue weighted by Crippen LogP contribution is 2.29. The van der Waals surface area contributed by atoms with Gasteiger partial charge in [0.25, 0.3) is 0 Å². The monoisotopic (exact) mass is 406 g/mol. The van der Waals surface area contributed by atoms with Crippen molar-refractivity contribution in [3.63, 3.8) is 0 Å². The van der Waals surface area contributed by atoms with Crippen molar-refractivity contribution in [1.29, 1.82) is 0 Å². The van der Waals surface area contributed by atoms with E-state index in [-0.39, 0.29) is 0 Å². The van der Waals surface area contributed by atoms with Crippen LogP contribution in [0.5, 0.6) is 0 Å². The molecule has 0 bridgehead atoms. The summed E-state index contributed by atoms with van der Waals surface area (Å²) in [6, 6.07) is 0. The highest BCUT2D eigenvalue weighted by molar-refractivity contribution is 5.69. The first-order chi connectivity index (χ1) is 13.0. The third-order valence-corrected chi connectivity index (χ3v) is 3.32. The van der Waals surface area contributed by atoms with Crippen molar-refractivity contribution in [2.24, 2.45) is 0 Å². The quantitative estimate of drug-likeness (QED) is 0.394. The Bertz CT molecular complexity index is 571. The summed E-state index contributed by atoms with van der Waals surface area (Å²) in [5.74, 6) is -4.39. The van der Waals surface area contributed by atoms with Gasteiger partial charge in [-0.2, -0.15) is 0 Å². The van der Waals surface area contributed by atoms with Gasteiger partial charge in [0, 0.05) is 27.7 Å². The minimum Gasteiger partial charge on any atom is -0.480 e. The largest absolute Gasteiger partial charge is 0.480 e. The van der Waals surface area contributed by atoms with E-state index in [2.05, 4.69) is 0 Å². The third kappa shape index (κ3) is 7.48. The highest BCUT2D eigenvalue weighted by Gasteiger charge is 2.52. The zero-order chi connectivity index (χ0) is 21.4. The lowest BCUT2D eigenvalue weighted by Gasteiger charge is -2.43. The number of hydrogen-bond donors (Lipinski definition) is 1. The molecule has 0 spiro atoms. The molecule has 28 heavy (non-hydrogen) atoms. The zero-order valence-corrected chi connectivity index (χ0v) is 15.7. The number of carboxylic acid groups (broad SMARTS) is 1. The van der Waals surface area contributed by atoms with Crippen LogP contribution in [0.4, 0.5) is 0 Å². The maximum absolute atomic E-state index is 11.6. The van der Waals surface area contributed by atoms with E-state index in [4.69, 9.17) is 33.5 Å². The second-order valence-corrected chi connectivity index (χ2v) is 5.77. The number of rotatable bonds is 8. The van der Waals surface area contributed by atoms with Crippen LogP contribution in [0.25, 0.3) is 0 Å². The molecule has 1 N–H and O–H groups in total. The summed E-state index contributed by atoms with van der Waals surface area (Å²) in [5.41, 5.74) is 0. The van der Waals surface area contributed by atoms with Crippen molar-refractivity contribution in [3.8, 4) is 0 Å². The van der Waals surface area contributed by atoms with Gasteiger partial charge in [-0.05, 0) is 0 Å². The average molecular weight is 406 g/mol. The van der Waals surface area contributed by atoms with Crippen LogP contribution in [0.3, 0.4) is 0 Å². The number of ether oxygens (including phenoxy) is 6. The molecule has 12 heteroatoms.